The highest BCUT2D eigenvalue weighted by molar-refractivity contribution is 6.08. The molecule has 0 spiro atoms. The molecule has 2 aromatic carbocycles. The zero-order chi connectivity index (χ0) is 19.1. The van der Waals surface area contributed by atoms with E-state index in [0.717, 1.165) is 0 Å². The number of ketones is 1. The predicted octanol–water partition coefficient (Wildman–Crippen LogP) is 2.87. The third-order valence-electron chi connectivity index (χ3n) is 3.56. The Kier molecular flexibility index (Phi) is 6.32. The molecule has 0 saturated heterocycles. The monoisotopic (exact) mass is 356 g/mol. The zero-order valence-electron chi connectivity index (χ0n) is 14.8. The Morgan fingerprint density at radius 3 is 2.31 bits per heavy atom. The van der Waals surface area contributed by atoms with Crippen LogP contribution in [0.3, 0.4) is 0 Å². The molecule has 7 nitrogen and oxygen atoms in total. The van der Waals surface area contributed by atoms with Gasteiger partial charge < -0.3 is 20.1 Å². The number of rotatable bonds is 7. The predicted molar refractivity (Wildman–Crippen MR) is 97.9 cm³/mol. The Morgan fingerprint density at radius 1 is 0.923 bits per heavy atom. The van der Waals surface area contributed by atoms with Gasteiger partial charge in [0.05, 0.1) is 19.9 Å². The van der Waals surface area contributed by atoms with E-state index in [1.807, 2.05) is 0 Å². The lowest BCUT2D eigenvalue weighted by Crippen LogP contribution is -2.21. The van der Waals surface area contributed by atoms with Gasteiger partial charge in [0, 0.05) is 17.3 Å². The van der Waals surface area contributed by atoms with E-state index in [-0.39, 0.29) is 12.2 Å². The third-order valence-corrected chi connectivity index (χ3v) is 3.56. The van der Waals surface area contributed by atoms with E-state index < -0.39 is 11.8 Å². The minimum atomic E-state index is -0.492. The van der Waals surface area contributed by atoms with Crippen LogP contribution in [0.2, 0.25) is 0 Å². The number of carbonyl (C=O) groups is 3. The molecule has 2 aromatic rings. The summed E-state index contributed by atoms with van der Waals surface area (Å²) < 4.78 is 10.3. The molecule has 26 heavy (non-hydrogen) atoms. The van der Waals surface area contributed by atoms with Crippen LogP contribution in [0, 0.1) is 0 Å². The van der Waals surface area contributed by atoms with Crippen molar-refractivity contribution in [1.29, 1.82) is 0 Å². The number of hydrogen-bond acceptors (Lipinski definition) is 5. The summed E-state index contributed by atoms with van der Waals surface area (Å²) in [7, 11) is 3.00. The molecular weight excluding hydrogens is 336 g/mol. The summed E-state index contributed by atoms with van der Waals surface area (Å²) in [6, 6.07) is 11.5. The van der Waals surface area contributed by atoms with Crippen molar-refractivity contribution >= 4 is 29.0 Å². The van der Waals surface area contributed by atoms with E-state index in [1.165, 1.54) is 21.1 Å². The number of amides is 2. The fourth-order valence-corrected chi connectivity index (χ4v) is 2.26. The molecule has 2 N–H and O–H groups in total. The maximum absolute atomic E-state index is 12.1. The maximum atomic E-state index is 12.1. The van der Waals surface area contributed by atoms with Crippen LogP contribution >= 0.6 is 0 Å². The summed E-state index contributed by atoms with van der Waals surface area (Å²) in [6.07, 6.45) is -0.376. The van der Waals surface area contributed by atoms with Crippen LogP contribution in [0.4, 0.5) is 11.4 Å². The number of benzene rings is 2. The first-order valence-corrected chi connectivity index (χ1v) is 7.85. The Morgan fingerprint density at radius 2 is 1.65 bits per heavy atom. The second-order valence-electron chi connectivity index (χ2n) is 5.48. The van der Waals surface area contributed by atoms with Gasteiger partial charge in [0.15, 0.2) is 5.78 Å². The summed E-state index contributed by atoms with van der Waals surface area (Å²) in [5.41, 5.74) is 1.37. The van der Waals surface area contributed by atoms with E-state index in [0.29, 0.717) is 28.4 Å². The highest BCUT2D eigenvalue weighted by Gasteiger charge is 2.13. The molecule has 0 heterocycles. The summed E-state index contributed by atoms with van der Waals surface area (Å²) in [6.45, 7) is 1.44. The minimum absolute atomic E-state index is 0.106. The van der Waals surface area contributed by atoms with Crippen molar-refractivity contribution in [3.8, 4) is 11.5 Å². The highest BCUT2D eigenvalue weighted by Crippen LogP contribution is 2.29. The molecule has 2 amide bonds. The van der Waals surface area contributed by atoms with Crippen molar-refractivity contribution in [1.82, 2.24) is 0 Å². The number of hydrogen-bond donors (Lipinski definition) is 2. The average Bonchev–Trinajstić information content (AvgIpc) is 2.61. The molecule has 2 rings (SSSR count). The van der Waals surface area contributed by atoms with Gasteiger partial charge >= 0.3 is 0 Å². The largest absolute Gasteiger partial charge is 0.497 e. The molecule has 0 aliphatic carbocycles. The second kappa shape index (κ2) is 8.66. The average molecular weight is 356 g/mol. The second-order valence-corrected chi connectivity index (χ2v) is 5.48. The molecule has 0 aliphatic rings. The van der Waals surface area contributed by atoms with E-state index in [1.54, 1.807) is 42.5 Å². The van der Waals surface area contributed by atoms with Crippen molar-refractivity contribution in [2.75, 3.05) is 24.9 Å². The standard InChI is InChI=1S/C19H20N2O5/c1-12(22)13-5-4-6-14(9-13)20-18(23)11-19(24)21-16-8-7-15(25-2)10-17(16)26-3/h4-10H,11H2,1-3H3,(H,20,23)(H,21,24). The Bertz CT molecular complexity index is 832. The smallest absolute Gasteiger partial charge is 0.233 e. The van der Waals surface area contributed by atoms with Crippen LogP contribution < -0.4 is 20.1 Å². The van der Waals surface area contributed by atoms with Crippen molar-refractivity contribution in [2.45, 2.75) is 13.3 Å². The number of ether oxygens (including phenoxy) is 2. The van der Waals surface area contributed by atoms with E-state index >= 15 is 0 Å². The van der Waals surface area contributed by atoms with E-state index in [4.69, 9.17) is 9.47 Å². The molecule has 0 unspecified atom stereocenters. The van der Waals surface area contributed by atoms with Gasteiger partial charge in [-0.05, 0) is 31.2 Å². The van der Waals surface area contributed by atoms with Crippen LogP contribution in [0.25, 0.3) is 0 Å². The molecule has 136 valence electrons. The number of Topliss-reactive ketones (excluding diaryl/α,β-unsaturated/α-hetero) is 1. The first kappa shape index (κ1) is 19.0. The van der Waals surface area contributed by atoms with Crippen molar-refractivity contribution < 1.29 is 23.9 Å². The highest BCUT2D eigenvalue weighted by atomic mass is 16.5. The van der Waals surface area contributed by atoms with E-state index in [2.05, 4.69) is 10.6 Å². The Hall–Kier alpha value is -3.35. The first-order chi connectivity index (χ1) is 12.4. The van der Waals surface area contributed by atoms with Gasteiger partial charge in [0.25, 0.3) is 0 Å². The molecule has 0 fully saturated rings. The van der Waals surface area contributed by atoms with Crippen molar-refractivity contribution in [3.63, 3.8) is 0 Å². The quantitative estimate of drug-likeness (QED) is 0.588. The SMILES string of the molecule is COc1ccc(NC(=O)CC(=O)Nc2cccc(C(C)=O)c2)c(OC)c1. The Balaban J connectivity index is 1.98. The lowest BCUT2D eigenvalue weighted by atomic mass is 10.1. The maximum Gasteiger partial charge on any atom is 0.233 e. The molecule has 0 radical (unpaired) electrons. The minimum Gasteiger partial charge on any atom is -0.497 e. The fraction of sp³-hybridized carbons (Fsp3) is 0.211. The normalized spacial score (nSPS) is 9.96. The lowest BCUT2D eigenvalue weighted by molar-refractivity contribution is -0.123. The van der Waals surface area contributed by atoms with Crippen LogP contribution in [-0.2, 0) is 9.59 Å². The topological polar surface area (TPSA) is 93.7 Å². The molecule has 0 aliphatic heterocycles. The van der Waals surface area contributed by atoms with Gasteiger partial charge in [-0.3, -0.25) is 14.4 Å². The van der Waals surface area contributed by atoms with Crippen molar-refractivity contribution in [2.24, 2.45) is 0 Å². The van der Waals surface area contributed by atoms with Gasteiger partial charge in [0.1, 0.15) is 17.9 Å². The number of methoxy groups -OCH3 is 2. The van der Waals surface area contributed by atoms with Gasteiger partial charge in [-0.2, -0.15) is 0 Å². The van der Waals surface area contributed by atoms with E-state index in [9.17, 15) is 14.4 Å². The molecular formula is C19H20N2O5. The van der Waals surface area contributed by atoms with Gasteiger partial charge in [-0.25, -0.2) is 0 Å². The zero-order valence-corrected chi connectivity index (χ0v) is 14.8. The fourth-order valence-electron chi connectivity index (χ4n) is 2.26. The van der Waals surface area contributed by atoms with Crippen LogP contribution in [-0.4, -0.2) is 31.8 Å². The van der Waals surface area contributed by atoms with Gasteiger partial charge in [-0.1, -0.05) is 12.1 Å². The molecule has 0 saturated carbocycles. The third kappa shape index (κ3) is 5.07. The van der Waals surface area contributed by atoms with Crippen LogP contribution in [0.1, 0.15) is 23.7 Å². The van der Waals surface area contributed by atoms with Gasteiger partial charge in [-0.15, -0.1) is 0 Å². The Labute approximate surface area is 151 Å². The number of nitrogens with one attached hydrogen (secondary N) is 2. The van der Waals surface area contributed by atoms with Crippen LogP contribution in [0.15, 0.2) is 42.5 Å². The van der Waals surface area contributed by atoms with Crippen LogP contribution in [0.5, 0.6) is 11.5 Å². The number of anilines is 2. The molecule has 7 heteroatoms. The summed E-state index contributed by atoms with van der Waals surface area (Å²) in [5.74, 6) is -0.0787. The lowest BCUT2D eigenvalue weighted by Gasteiger charge is -2.12. The van der Waals surface area contributed by atoms with Gasteiger partial charge in [0.2, 0.25) is 11.8 Å². The first-order valence-electron chi connectivity index (χ1n) is 7.85. The summed E-state index contributed by atoms with van der Waals surface area (Å²) >= 11 is 0. The van der Waals surface area contributed by atoms with Crippen molar-refractivity contribution in [3.05, 3.63) is 48.0 Å². The summed E-state index contributed by atoms with van der Waals surface area (Å²) in [5, 5.41) is 5.22. The molecule has 0 aromatic heterocycles. The molecule has 0 atom stereocenters. The summed E-state index contributed by atoms with van der Waals surface area (Å²) in [4.78, 5) is 35.5. The molecule has 0 bridgehead atoms. The number of carbonyl (C=O) groups excluding carboxylic acids is 3.